The Labute approximate surface area is 107 Å². The highest BCUT2D eigenvalue weighted by Gasteiger charge is 2.18. The van der Waals surface area contributed by atoms with E-state index in [1.807, 2.05) is 6.92 Å². The largest absolute Gasteiger partial charge is 0.508 e. The topological polar surface area (TPSA) is 67.8 Å². The second-order valence-corrected chi connectivity index (χ2v) is 4.06. The minimum absolute atomic E-state index is 0.160. The van der Waals surface area contributed by atoms with Gasteiger partial charge in [0.1, 0.15) is 17.5 Å². The molecule has 0 aliphatic heterocycles. The lowest BCUT2D eigenvalue weighted by molar-refractivity contribution is -0.142. The smallest absolute Gasteiger partial charge is 0.322 e. The molecule has 18 heavy (non-hydrogen) atoms. The average molecular weight is 253 g/mol. The third-order valence-corrected chi connectivity index (χ3v) is 2.76. The van der Waals surface area contributed by atoms with E-state index in [1.54, 1.807) is 32.2 Å². The van der Waals surface area contributed by atoms with Gasteiger partial charge in [0.25, 0.3) is 0 Å². The van der Waals surface area contributed by atoms with Gasteiger partial charge in [0.05, 0.1) is 14.2 Å². The minimum Gasteiger partial charge on any atom is -0.508 e. The molecule has 1 unspecified atom stereocenters. The zero-order chi connectivity index (χ0) is 13.7. The van der Waals surface area contributed by atoms with Crippen molar-refractivity contribution in [1.82, 2.24) is 5.32 Å². The predicted molar refractivity (Wildman–Crippen MR) is 67.7 cm³/mol. The SMILES string of the molecule is COC(=O)[C@H](C)NC(C)c1cc(OC)ccc1O. The van der Waals surface area contributed by atoms with Crippen LogP contribution in [0.4, 0.5) is 0 Å². The molecule has 100 valence electrons. The van der Waals surface area contributed by atoms with Crippen molar-refractivity contribution in [3.63, 3.8) is 0 Å². The van der Waals surface area contributed by atoms with Gasteiger partial charge in [-0.05, 0) is 32.0 Å². The first kappa shape index (κ1) is 14.3. The fraction of sp³-hybridized carbons (Fsp3) is 0.462. The summed E-state index contributed by atoms with van der Waals surface area (Å²) in [5.74, 6) is 0.472. The molecule has 0 saturated carbocycles. The van der Waals surface area contributed by atoms with Gasteiger partial charge in [0.2, 0.25) is 0 Å². The molecule has 0 spiro atoms. The van der Waals surface area contributed by atoms with Crippen LogP contribution >= 0.6 is 0 Å². The molecule has 1 aromatic carbocycles. The molecule has 0 aliphatic rings. The summed E-state index contributed by atoms with van der Waals surface area (Å²) in [7, 11) is 2.90. The van der Waals surface area contributed by atoms with Crippen LogP contribution in [0.3, 0.4) is 0 Å². The van der Waals surface area contributed by atoms with Crippen molar-refractivity contribution in [3.05, 3.63) is 23.8 Å². The zero-order valence-corrected chi connectivity index (χ0v) is 11.1. The number of phenolic OH excluding ortho intramolecular Hbond substituents is 1. The highest BCUT2D eigenvalue weighted by Crippen LogP contribution is 2.28. The standard InChI is InChI=1S/C13H19NO4/c1-8(14-9(2)13(16)18-4)11-7-10(17-3)5-6-12(11)15/h5-9,14-15H,1-4H3/t8?,9-/m0/s1. The number of aromatic hydroxyl groups is 1. The van der Waals surface area contributed by atoms with E-state index in [-0.39, 0.29) is 17.8 Å². The van der Waals surface area contributed by atoms with E-state index in [2.05, 4.69) is 10.1 Å². The second-order valence-electron chi connectivity index (χ2n) is 4.06. The molecule has 5 heteroatoms. The summed E-state index contributed by atoms with van der Waals surface area (Å²) in [6.45, 7) is 3.56. The number of phenols is 1. The molecule has 2 atom stereocenters. The number of benzene rings is 1. The lowest BCUT2D eigenvalue weighted by Crippen LogP contribution is -2.36. The van der Waals surface area contributed by atoms with E-state index in [0.29, 0.717) is 11.3 Å². The molecule has 0 fully saturated rings. The lowest BCUT2D eigenvalue weighted by atomic mass is 10.1. The van der Waals surface area contributed by atoms with Crippen LogP contribution in [0.15, 0.2) is 18.2 Å². The van der Waals surface area contributed by atoms with Crippen LogP contribution in [0.1, 0.15) is 25.5 Å². The van der Waals surface area contributed by atoms with Crippen molar-refractivity contribution >= 4 is 5.97 Å². The van der Waals surface area contributed by atoms with Crippen molar-refractivity contribution in [1.29, 1.82) is 0 Å². The predicted octanol–water partition coefficient (Wildman–Crippen LogP) is 1.61. The summed E-state index contributed by atoms with van der Waals surface area (Å²) in [5.41, 5.74) is 0.671. The van der Waals surface area contributed by atoms with Gasteiger partial charge in [-0.15, -0.1) is 0 Å². The maximum Gasteiger partial charge on any atom is 0.322 e. The van der Waals surface area contributed by atoms with E-state index in [4.69, 9.17) is 4.74 Å². The van der Waals surface area contributed by atoms with E-state index < -0.39 is 6.04 Å². The molecule has 1 rings (SSSR count). The van der Waals surface area contributed by atoms with Gasteiger partial charge in [-0.1, -0.05) is 0 Å². The van der Waals surface area contributed by atoms with Crippen LogP contribution < -0.4 is 10.1 Å². The Bertz CT molecular complexity index is 419. The van der Waals surface area contributed by atoms with Crippen molar-refractivity contribution in [2.45, 2.75) is 25.9 Å². The first-order valence-electron chi connectivity index (χ1n) is 5.70. The Balaban J connectivity index is 2.83. The second kappa shape index (κ2) is 6.26. The molecule has 2 N–H and O–H groups in total. The number of rotatable bonds is 5. The van der Waals surface area contributed by atoms with Gasteiger partial charge in [-0.2, -0.15) is 0 Å². The number of hydrogen-bond acceptors (Lipinski definition) is 5. The molecule has 0 amide bonds. The molecule has 0 aromatic heterocycles. The maximum atomic E-state index is 11.3. The third kappa shape index (κ3) is 3.37. The Morgan fingerprint density at radius 1 is 1.33 bits per heavy atom. The average Bonchev–Trinajstić information content (AvgIpc) is 2.38. The fourth-order valence-corrected chi connectivity index (χ4v) is 1.72. The van der Waals surface area contributed by atoms with Crippen LogP contribution in [-0.2, 0) is 9.53 Å². The number of methoxy groups -OCH3 is 2. The molecule has 0 aliphatic carbocycles. The normalized spacial score (nSPS) is 13.8. The summed E-state index contributed by atoms with van der Waals surface area (Å²) < 4.78 is 9.74. The molecule has 0 radical (unpaired) electrons. The third-order valence-electron chi connectivity index (χ3n) is 2.76. The summed E-state index contributed by atoms with van der Waals surface area (Å²) in [4.78, 5) is 11.3. The first-order chi connectivity index (χ1) is 8.49. The fourth-order valence-electron chi connectivity index (χ4n) is 1.72. The number of nitrogens with one attached hydrogen (secondary N) is 1. The maximum absolute atomic E-state index is 11.3. The van der Waals surface area contributed by atoms with Crippen LogP contribution in [-0.4, -0.2) is 31.3 Å². The molecule has 5 nitrogen and oxygen atoms in total. The van der Waals surface area contributed by atoms with Crippen LogP contribution in [0.2, 0.25) is 0 Å². The Morgan fingerprint density at radius 3 is 2.56 bits per heavy atom. The van der Waals surface area contributed by atoms with Gasteiger partial charge >= 0.3 is 5.97 Å². The van der Waals surface area contributed by atoms with Crippen molar-refractivity contribution in [2.75, 3.05) is 14.2 Å². The molecule has 0 saturated heterocycles. The van der Waals surface area contributed by atoms with Crippen LogP contribution in [0.25, 0.3) is 0 Å². The Hall–Kier alpha value is -1.75. The number of esters is 1. The molecule has 0 heterocycles. The molecular weight excluding hydrogens is 234 g/mol. The minimum atomic E-state index is -0.449. The quantitative estimate of drug-likeness (QED) is 0.780. The van der Waals surface area contributed by atoms with Gasteiger partial charge in [0, 0.05) is 11.6 Å². The highest BCUT2D eigenvalue weighted by atomic mass is 16.5. The number of hydrogen-bond donors (Lipinski definition) is 2. The highest BCUT2D eigenvalue weighted by molar-refractivity contribution is 5.75. The summed E-state index contributed by atoms with van der Waals surface area (Å²) in [5, 5.41) is 12.8. The molecule has 0 bridgehead atoms. The van der Waals surface area contributed by atoms with E-state index in [9.17, 15) is 9.90 Å². The zero-order valence-electron chi connectivity index (χ0n) is 11.1. The van der Waals surface area contributed by atoms with Crippen LogP contribution in [0, 0.1) is 0 Å². The first-order valence-corrected chi connectivity index (χ1v) is 5.70. The van der Waals surface area contributed by atoms with E-state index in [1.165, 1.54) is 7.11 Å². The number of carbonyl (C=O) groups excluding carboxylic acids is 1. The molecular formula is C13H19NO4. The van der Waals surface area contributed by atoms with Crippen molar-refractivity contribution < 1.29 is 19.4 Å². The van der Waals surface area contributed by atoms with Crippen molar-refractivity contribution in [3.8, 4) is 11.5 Å². The van der Waals surface area contributed by atoms with Crippen LogP contribution in [0.5, 0.6) is 11.5 Å². The summed E-state index contributed by atoms with van der Waals surface area (Å²) in [6.07, 6.45) is 0. The van der Waals surface area contributed by atoms with Gasteiger partial charge in [-0.25, -0.2) is 0 Å². The number of carbonyl (C=O) groups is 1. The Morgan fingerprint density at radius 2 is 2.00 bits per heavy atom. The van der Waals surface area contributed by atoms with Gasteiger partial charge in [0.15, 0.2) is 0 Å². The van der Waals surface area contributed by atoms with Gasteiger partial charge < -0.3 is 14.6 Å². The van der Waals surface area contributed by atoms with E-state index >= 15 is 0 Å². The lowest BCUT2D eigenvalue weighted by Gasteiger charge is -2.20. The summed E-state index contributed by atoms with van der Waals surface area (Å²) >= 11 is 0. The van der Waals surface area contributed by atoms with Gasteiger partial charge in [-0.3, -0.25) is 10.1 Å². The van der Waals surface area contributed by atoms with Crippen molar-refractivity contribution in [2.24, 2.45) is 0 Å². The number of ether oxygens (including phenoxy) is 2. The monoisotopic (exact) mass is 253 g/mol. The summed E-state index contributed by atoms with van der Waals surface area (Å²) in [6, 6.07) is 4.33. The Kier molecular flexibility index (Phi) is 4.97. The molecule has 1 aromatic rings. The van der Waals surface area contributed by atoms with E-state index in [0.717, 1.165) is 0 Å².